The molecule has 94 valence electrons. The van der Waals surface area contributed by atoms with E-state index in [-0.39, 0.29) is 5.56 Å². The third kappa shape index (κ3) is 4.88. The van der Waals surface area contributed by atoms with Gasteiger partial charge in [0.2, 0.25) is 0 Å². The van der Waals surface area contributed by atoms with Crippen molar-refractivity contribution in [1.29, 1.82) is 0 Å². The van der Waals surface area contributed by atoms with E-state index >= 15 is 0 Å². The summed E-state index contributed by atoms with van der Waals surface area (Å²) in [5, 5.41) is 8.82. The fourth-order valence-electron chi connectivity index (χ4n) is 1.43. The van der Waals surface area contributed by atoms with Gasteiger partial charge in [-0.25, -0.2) is 4.79 Å². The predicted molar refractivity (Wildman–Crippen MR) is 70.3 cm³/mol. The first-order valence-electron chi connectivity index (χ1n) is 5.74. The minimum absolute atomic E-state index is 0.284. The number of carboxylic acid groups (broad SMARTS) is 1. The highest BCUT2D eigenvalue weighted by Gasteiger charge is 2.06. The van der Waals surface area contributed by atoms with Gasteiger partial charge in [-0.2, -0.15) is 0 Å². The number of carbonyl (C=O) groups is 1. The van der Waals surface area contributed by atoms with Gasteiger partial charge in [0.05, 0.1) is 12.2 Å². The number of hydrogen-bond acceptors (Lipinski definition) is 2. The van der Waals surface area contributed by atoms with Gasteiger partial charge >= 0.3 is 5.97 Å². The van der Waals surface area contributed by atoms with Gasteiger partial charge in [0, 0.05) is 11.1 Å². The molecule has 1 rings (SSSR count). The monoisotopic (exact) mass is 300 g/mol. The van der Waals surface area contributed by atoms with E-state index in [1.165, 1.54) is 12.8 Å². The molecule has 0 amide bonds. The summed E-state index contributed by atoms with van der Waals surface area (Å²) >= 11 is 3.35. The van der Waals surface area contributed by atoms with Gasteiger partial charge in [-0.3, -0.25) is 0 Å². The van der Waals surface area contributed by atoms with Gasteiger partial charge < -0.3 is 9.84 Å². The lowest BCUT2D eigenvalue weighted by atomic mass is 10.1. The second-order valence-corrected chi connectivity index (χ2v) is 4.73. The van der Waals surface area contributed by atoms with Crippen molar-refractivity contribution < 1.29 is 14.6 Å². The van der Waals surface area contributed by atoms with E-state index in [0.717, 1.165) is 23.1 Å². The number of ether oxygens (including phenoxy) is 1. The van der Waals surface area contributed by atoms with Gasteiger partial charge in [-0.1, -0.05) is 41.8 Å². The number of halogens is 1. The predicted octanol–water partition coefficient (Wildman–Crippen LogP) is 3.85. The quantitative estimate of drug-likeness (QED) is 0.778. The van der Waals surface area contributed by atoms with Crippen LogP contribution in [0, 0.1) is 0 Å². The molecule has 3 nitrogen and oxygen atoms in total. The Hall–Kier alpha value is -0.870. The van der Waals surface area contributed by atoms with Gasteiger partial charge in [-0.15, -0.1) is 0 Å². The summed E-state index contributed by atoms with van der Waals surface area (Å²) in [4.78, 5) is 10.7. The van der Waals surface area contributed by atoms with E-state index in [2.05, 4.69) is 22.9 Å². The molecular formula is C13H17BrO3. The van der Waals surface area contributed by atoms with Crippen molar-refractivity contribution in [3.05, 3.63) is 33.8 Å². The highest BCUT2D eigenvalue weighted by Crippen LogP contribution is 2.19. The number of unbranched alkanes of at least 4 members (excludes halogenated alkanes) is 2. The maximum atomic E-state index is 10.7. The third-order valence-electron chi connectivity index (χ3n) is 2.45. The zero-order valence-electron chi connectivity index (χ0n) is 9.91. The van der Waals surface area contributed by atoms with E-state index in [1.807, 2.05) is 0 Å². The Labute approximate surface area is 110 Å². The van der Waals surface area contributed by atoms with Crippen LogP contribution in [0.3, 0.4) is 0 Å². The molecule has 0 saturated carbocycles. The number of carboxylic acids is 1. The zero-order chi connectivity index (χ0) is 12.7. The molecule has 1 aromatic rings. The van der Waals surface area contributed by atoms with Crippen LogP contribution < -0.4 is 0 Å². The van der Waals surface area contributed by atoms with E-state index in [4.69, 9.17) is 9.84 Å². The van der Waals surface area contributed by atoms with Crippen LogP contribution in [0.2, 0.25) is 0 Å². The number of rotatable bonds is 7. The van der Waals surface area contributed by atoms with Crippen molar-refractivity contribution in [3.63, 3.8) is 0 Å². The first-order valence-corrected chi connectivity index (χ1v) is 6.54. The average Bonchev–Trinajstić information content (AvgIpc) is 2.30. The lowest BCUT2D eigenvalue weighted by Crippen LogP contribution is -2.00. The van der Waals surface area contributed by atoms with Crippen LogP contribution in [0.25, 0.3) is 0 Å². The van der Waals surface area contributed by atoms with E-state index in [1.54, 1.807) is 18.2 Å². The largest absolute Gasteiger partial charge is 0.478 e. The van der Waals surface area contributed by atoms with Crippen LogP contribution in [-0.4, -0.2) is 17.7 Å². The van der Waals surface area contributed by atoms with Gasteiger partial charge in [-0.05, 0) is 24.1 Å². The van der Waals surface area contributed by atoms with Gasteiger partial charge in [0.1, 0.15) is 0 Å². The Morgan fingerprint density at radius 1 is 1.41 bits per heavy atom. The molecule has 0 heterocycles. The molecule has 1 aromatic carbocycles. The van der Waals surface area contributed by atoms with E-state index in [0.29, 0.717) is 6.61 Å². The third-order valence-corrected chi connectivity index (χ3v) is 3.19. The molecule has 0 aliphatic carbocycles. The van der Waals surface area contributed by atoms with E-state index in [9.17, 15) is 4.79 Å². The number of benzene rings is 1. The minimum atomic E-state index is -0.916. The maximum Gasteiger partial charge on any atom is 0.335 e. The number of aromatic carboxylic acids is 1. The van der Waals surface area contributed by atoms with Crippen molar-refractivity contribution in [3.8, 4) is 0 Å². The average molecular weight is 301 g/mol. The maximum absolute atomic E-state index is 10.7. The van der Waals surface area contributed by atoms with Crippen LogP contribution >= 0.6 is 15.9 Å². The van der Waals surface area contributed by atoms with Crippen molar-refractivity contribution in [2.75, 3.05) is 6.61 Å². The molecule has 0 aliphatic rings. The lowest BCUT2D eigenvalue weighted by Gasteiger charge is -2.07. The standard InChI is InChI=1S/C13H17BrO3/c1-2-3-4-7-17-9-11-6-5-10(13(15)16)8-12(11)14/h5-6,8H,2-4,7,9H2,1H3,(H,15,16). The molecule has 1 N–H and O–H groups in total. The second-order valence-electron chi connectivity index (χ2n) is 3.87. The molecule has 17 heavy (non-hydrogen) atoms. The summed E-state index contributed by atoms with van der Waals surface area (Å²) in [7, 11) is 0. The molecule has 0 atom stereocenters. The van der Waals surface area contributed by atoms with Crippen LogP contribution in [-0.2, 0) is 11.3 Å². The summed E-state index contributed by atoms with van der Waals surface area (Å²) < 4.78 is 6.31. The Morgan fingerprint density at radius 2 is 2.18 bits per heavy atom. The molecular weight excluding hydrogens is 284 g/mol. The zero-order valence-corrected chi connectivity index (χ0v) is 11.5. The Kier molecular flexibility index (Phi) is 6.22. The lowest BCUT2D eigenvalue weighted by molar-refractivity contribution is 0.0696. The summed E-state index contributed by atoms with van der Waals surface area (Å²) in [6, 6.07) is 4.98. The summed E-state index contributed by atoms with van der Waals surface area (Å²) in [6.45, 7) is 3.42. The van der Waals surface area contributed by atoms with Crippen molar-refractivity contribution in [2.45, 2.75) is 32.8 Å². The van der Waals surface area contributed by atoms with Crippen molar-refractivity contribution in [2.24, 2.45) is 0 Å². The van der Waals surface area contributed by atoms with Crippen LogP contribution in [0.5, 0.6) is 0 Å². The molecule has 0 unspecified atom stereocenters. The molecule has 0 bridgehead atoms. The molecule has 0 saturated heterocycles. The fraction of sp³-hybridized carbons (Fsp3) is 0.462. The summed E-state index contributed by atoms with van der Waals surface area (Å²) in [5.41, 5.74) is 1.26. The Bertz CT molecular complexity index is 377. The van der Waals surface area contributed by atoms with Crippen LogP contribution in [0.4, 0.5) is 0 Å². The highest BCUT2D eigenvalue weighted by molar-refractivity contribution is 9.10. The van der Waals surface area contributed by atoms with Gasteiger partial charge in [0.25, 0.3) is 0 Å². The Balaban J connectivity index is 2.46. The number of hydrogen-bond donors (Lipinski definition) is 1. The highest BCUT2D eigenvalue weighted by atomic mass is 79.9. The molecule has 0 aromatic heterocycles. The SMILES string of the molecule is CCCCCOCc1ccc(C(=O)O)cc1Br. The molecule has 0 spiro atoms. The Morgan fingerprint density at radius 3 is 2.76 bits per heavy atom. The van der Waals surface area contributed by atoms with Crippen molar-refractivity contribution >= 4 is 21.9 Å². The molecule has 0 radical (unpaired) electrons. The summed E-state index contributed by atoms with van der Waals surface area (Å²) in [6.07, 6.45) is 3.43. The molecule has 0 aliphatic heterocycles. The molecule has 0 fully saturated rings. The molecule has 4 heteroatoms. The van der Waals surface area contributed by atoms with Crippen LogP contribution in [0.15, 0.2) is 22.7 Å². The second kappa shape index (κ2) is 7.45. The van der Waals surface area contributed by atoms with Crippen LogP contribution in [0.1, 0.15) is 42.1 Å². The first-order chi connectivity index (χ1) is 8.15. The summed E-state index contributed by atoms with van der Waals surface area (Å²) in [5.74, 6) is -0.916. The fourth-order valence-corrected chi connectivity index (χ4v) is 1.93. The van der Waals surface area contributed by atoms with Crippen molar-refractivity contribution in [1.82, 2.24) is 0 Å². The normalized spacial score (nSPS) is 10.5. The van der Waals surface area contributed by atoms with Gasteiger partial charge in [0.15, 0.2) is 0 Å². The minimum Gasteiger partial charge on any atom is -0.478 e. The smallest absolute Gasteiger partial charge is 0.335 e. The first kappa shape index (κ1) is 14.2. The van der Waals surface area contributed by atoms with E-state index < -0.39 is 5.97 Å². The topological polar surface area (TPSA) is 46.5 Å².